The number of sulfonamides is 1. The summed E-state index contributed by atoms with van der Waals surface area (Å²) in [7, 11) is -1.71. The van der Waals surface area contributed by atoms with E-state index in [9.17, 15) is 8.42 Å². The molecular formula is C9H21NO4S. The van der Waals surface area contributed by atoms with Crippen LogP contribution in [-0.4, -0.2) is 56.5 Å². The van der Waals surface area contributed by atoms with Crippen molar-refractivity contribution in [2.45, 2.75) is 26.4 Å². The van der Waals surface area contributed by atoms with Crippen LogP contribution in [0, 0.1) is 0 Å². The summed E-state index contributed by atoms with van der Waals surface area (Å²) >= 11 is 0. The van der Waals surface area contributed by atoms with Crippen molar-refractivity contribution in [3.8, 4) is 0 Å². The van der Waals surface area contributed by atoms with E-state index in [2.05, 4.69) is 0 Å². The molecule has 1 N–H and O–H groups in total. The fourth-order valence-corrected chi connectivity index (χ4v) is 2.00. The monoisotopic (exact) mass is 239 g/mol. The largest absolute Gasteiger partial charge is 0.393 e. The van der Waals surface area contributed by atoms with Crippen LogP contribution in [0.5, 0.6) is 0 Å². The summed E-state index contributed by atoms with van der Waals surface area (Å²) < 4.78 is 29.4. The maximum Gasteiger partial charge on any atom is 0.216 e. The van der Waals surface area contributed by atoms with E-state index in [1.807, 2.05) is 6.92 Å². The fourth-order valence-electron chi connectivity index (χ4n) is 0.972. The molecule has 92 valence electrons. The molecule has 0 aromatic rings. The zero-order chi connectivity index (χ0) is 11.9. The van der Waals surface area contributed by atoms with Gasteiger partial charge in [-0.3, -0.25) is 0 Å². The third-order valence-electron chi connectivity index (χ3n) is 2.03. The lowest BCUT2D eigenvalue weighted by Crippen LogP contribution is -2.32. The van der Waals surface area contributed by atoms with Gasteiger partial charge in [-0.1, -0.05) is 0 Å². The van der Waals surface area contributed by atoms with E-state index in [0.717, 1.165) is 0 Å². The van der Waals surface area contributed by atoms with Crippen molar-refractivity contribution in [3.63, 3.8) is 0 Å². The Bertz CT molecular complexity index is 251. The van der Waals surface area contributed by atoms with Crippen molar-refractivity contribution in [2.24, 2.45) is 0 Å². The Morgan fingerprint density at radius 1 is 1.47 bits per heavy atom. The first-order chi connectivity index (χ1) is 6.90. The molecule has 0 radical (unpaired) electrons. The number of hydrogen-bond acceptors (Lipinski definition) is 4. The maximum atomic E-state index is 11.6. The minimum Gasteiger partial charge on any atom is -0.393 e. The second kappa shape index (κ2) is 7.16. The molecule has 15 heavy (non-hydrogen) atoms. The first-order valence-electron chi connectivity index (χ1n) is 5.10. The second-order valence-corrected chi connectivity index (χ2v) is 5.67. The molecule has 0 saturated carbocycles. The number of nitrogens with zero attached hydrogens (tertiary/aromatic N) is 1. The van der Waals surface area contributed by atoms with Gasteiger partial charge < -0.3 is 9.84 Å². The van der Waals surface area contributed by atoms with Crippen LogP contribution in [0.25, 0.3) is 0 Å². The highest BCUT2D eigenvalue weighted by molar-refractivity contribution is 7.89. The van der Waals surface area contributed by atoms with Gasteiger partial charge in [-0.15, -0.1) is 0 Å². The zero-order valence-corrected chi connectivity index (χ0v) is 10.5. The summed E-state index contributed by atoms with van der Waals surface area (Å²) in [5, 5.41) is 9.03. The third-order valence-corrected chi connectivity index (χ3v) is 3.84. The maximum absolute atomic E-state index is 11.6. The Labute approximate surface area is 92.1 Å². The van der Waals surface area contributed by atoms with E-state index in [-0.39, 0.29) is 12.4 Å². The van der Waals surface area contributed by atoms with E-state index >= 15 is 0 Å². The third kappa shape index (κ3) is 6.83. The molecule has 0 fully saturated rings. The van der Waals surface area contributed by atoms with Crippen LogP contribution < -0.4 is 0 Å². The van der Waals surface area contributed by atoms with Crippen LogP contribution in [0.2, 0.25) is 0 Å². The van der Waals surface area contributed by atoms with Crippen LogP contribution in [0.15, 0.2) is 0 Å². The molecule has 0 aliphatic carbocycles. The van der Waals surface area contributed by atoms with Crippen molar-refractivity contribution in [3.05, 3.63) is 0 Å². The molecule has 6 heteroatoms. The molecule has 0 heterocycles. The molecule has 0 aromatic carbocycles. The van der Waals surface area contributed by atoms with Crippen molar-refractivity contribution in [1.29, 1.82) is 0 Å². The highest BCUT2D eigenvalue weighted by atomic mass is 32.2. The molecule has 0 aliphatic heterocycles. The average Bonchev–Trinajstić information content (AvgIpc) is 2.14. The molecule has 1 unspecified atom stereocenters. The summed E-state index contributed by atoms with van der Waals surface area (Å²) in [6, 6.07) is 0. The van der Waals surface area contributed by atoms with Gasteiger partial charge in [0.15, 0.2) is 0 Å². The molecule has 0 saturated heterocycles. The van der Waals surface area contributed by atoms with E-state index < -0.39 is 16.1 Å². The normalized spacial score (nSPS) is 14.5. The lowest BCUT2D eigenvalue weighted by molar-refractivity contribution is 0.161. The molecule has 0 bridgehead atoms. The topological polar surface area (TPSA) is 66.8 Å². The highest BCUT2D eigenvalue weighted by Gasteiger charge is 2.17. The number of ether oxygens (including phenoxy) is 1. The SMILES string of the molecule is CCOCCS(=O)(=O)N(C)CCC(C)O. The fraction of sp³-hybridized carbons (Fsp3) is 1.00. The number of hydrogen-bond donors (Lipinski definition) is 1. The van der Waals surface area contributed by atoms with Gasteiger partial charge in [0, 0.05) is 20.2 Å². The minimum atomic E-state index is -3.23. The molecule has 0 amide bonds. The number of rotatable bonds is 8. The average molecular weight is 239 g/mol. The molecule has 5 nitrogen and oxygen atoms in total. The summed E-state index contributed by atoms with van der Waals surface area (Å²) in [4.78, 5) is 0. The Morgan fingerprint density at radius 3 is 2.53 bits per heavy atom. The predicted molar refractivity (Wildman–Crippen MR) is 59.2 cm³/mol. The molecule has 1 atom stereocenters. The molecule has 0 aliphatic rings. The number of aliphatic hydroxyl groups is 1. The van der Waals surface area contributed by atoms with Crippen LogP contribution in [0.4, 0.5) is 0 Å². The lowest BCUT2D eigenvalue weighted by Gasteiger charge is -2.17. The smallest absolute Gasteiger partial charge is 0.216 e. The Hall–Kier alpha value is -0.170. The van der Waals surface area contributed by atoms with Gasteiger partial charge in [0.1, 0.15) is 0 Å². The van der Waals surface area contributed by atoms with Gasteiger partial charge in [-0.2, -0.15) is 0 Å². The summed E-state index contributed by atoms with van der Waals surface area (Å²) in [6.07, 6.45) is -0.0285. The molecule has 0 aromatic heterocycles. The van der Waals surface area contributed by atoms with Crippen molar-refractivity contribution < 1.29 is 18.3 Å². The molecule has 0 spiro atoms. The van der Waals surface area contributed by atoms with Crippen molar-refractivity contribution in [1.82, 2.24) is 4.31 Å². The van der Waals surface area contributed by atoms with E-state index in [0.29, 0.717) is 19.6 Å². The summed E-state index contributed by atoms with van der Waals surface area (Å²) in [5.41, 5.74) is 0. The Morgan fingerprint density at radius 2 is 2.07 bits per heavy atom. The Balaban J connectivity index is 3.97. The zero-order valence-electron chi connectivity index (χ0n) is 9.64. The van der Waals surface area contributed by atoms with E-state index in [1.165, 1.54) is 11.4 Å². The standard InChI is InChI=1S/C9H21NO4S/c1-4-14-7-8-15(12,13)10(3)6-5-9(2)11/h9,11H,4-8H2,1-3H3. The highest BCUT2D eigenvalue weighted by Crippen LogP contribution is 2.01. The molecular weight excluding hydrogens is 218 g/mol. The van der Waals surface area contributed by atoms with Crippen LogP contribution in [-0.2, 0) is 14.8 Å². The first-order valence-corrected chi connectivity index (χ1v) is 6.71. The van der Waals surface area contributed by atoms with Gasteiger partial charge in [-0.25, -0.2) is 12.7 Å². The van der Waals surface area contributed by atoms with Crippen LogP contribution >= 0.6 is 0 Å². The quantitative estimate of drug-likeness (QED) is 0.608. The van der Waals surface area contributed by atoms with Crippen LogP contribution in [0.3, 0.4) is 0 Å². The second-order valence-electron chi connectivity index (χ2n) is 3.47. The predicted octanol–water partition coefficient (Wildman–Crippen LogP) is 0.0554. The molecule has 0 rings (SSSR count). The van der Waals surface area contributed by atoms with Gasteiger partial charge >= 0.3 is 0 Å². The van der Waals surface area contributed by atoms with Gasteiger partial charge in [0.2, 0.25) is 10.0 Å². The summed E-state index contributed by atoms with van der Waals surface area (Å²) in [5.74, 6) is -0.00283. The summed E-state index contributed by atoms with van der Waals surface area (Å²) in [6.45, 7) is 4.54. The van der Waals surface area contributed by atoms with Crippen LogP contribution in [0.1, 0.15) is 20.3 Å². The van der Waals surface area contributed by atoms with Gasteiger partial charge in [-0.05, 0) is 20.3 Å². The Kier molecular flexibility index (Phi) is 7.08. The van der Waals surface area contributed by atoms with E-state index in [1.54, 1.807) is 6.92 Å². The van der Waals surface area contributed by atoms with Crippen molar-refractivity contribution in [2.75, 3.05) is 32.6 Å². The lowest BCUT2D eigenvalue weighted by atomic mass is 10.3. The first kappa shape index (κ1) is 14.8. The van der Waals surface area contributed by atoms with Crippen molar-refractivity contribution >= 4 is 10.0 Å². The van der Waals surface area contributed by atoms with E-state index in [4.69, 9.17) is 9.84 Å². The van der Waals surface area contributed by atoms with Gasteiger partial charge in [0.25, 0.3) is 0 Å². The van der Waals surface area contributed by atoms with Gasteiger partial charge in [0.05, 0.1) is 18.5 Å². The minimum absolute atomic E-state index is 0.00283. The number of aliphatic hydroxyl groups excluding tert-OH is 1.